The highest BCUT2D eigenvalue weighted by molar-refractivity contribution is 7.92. The number of amides is 2. The van der Waals surface area contributed by atoms with E-state index in [1.807, 2.05) is 18.2 Å². The maximum atomic E-state index is 14.5. The fourth-order valence-electron chi connectivity index (χ4n) is 4.98. The number of sulfonamides is 1. The summed E-state index contributed by atoms with van der Waals surface area (Å²) in [6.07, 6.45) is 0.105. The molecule has 1 N–H and O–H groups in total. The van der Waals surface area contributed by atoms with Crippen molar-refractivity contribution in [2.24, 2.45) is 0 Å². The van der Waals surface area contributed by atoms with Gasteiger partial charge in [0.1, 0.15) is 18.3 Å². The number of carbonyl (C=O) groups is 2. The van der Waals surface area contributed by atoms with Gasteiger partial charge in [0, 0.05) is 41.7 Å². The summed E-state index contributed by atoms with van der Waals surface area (Å²) >= 11 is 12.8. The molecule has 0 aliphatic heterocycles. The Morgan fingerprint density at radius 3 is 2.30 bits per heavy atom. The molecule has 0 heterocycles. The zero-order valence-corrected chi connectivity index (χ0v) is 28.1. The summed E-state index contributed by atoms with van der Waals surface area (Å²) in [6.45, 7) is 0.515. The molecule has 4 aromatic carbocycles. The van der Waals surface area contributed by atoms with E-state index in [-0.39, 0.29) is 35.0 Å². The quantitative estimate of drug-likeness (QED) is 0.138. The second-order valence-electron chi connectivity index (χ2n) is 10.5. The minimum Gasteiger partial charge on any atom is -0.495 e. The number of nitro benzene ring substituents is 1. The Balaban J connectivity index is 1.89. The lowest BCUT2D eigenvalue weighted by Crippen LogP contribution is -2.53. The first-order valence-electron chi connectivity index (χ1n) is 14.3. The van der Waals surface area contributed by atoms with Gasteiger partial charge in [-0.15, -0.1) is 0 Å². The number of rotatable bonds is 13. The highest BCUT2D eigenvalue weighted by atomic mass is 35.5. The van der Waals surface area contributed by atoms with Crippen LogP contribution in [0, 0.1) is 17.0 Å². The van der Waals surface area contributed by atoms with Crippen molar-refractivity contribution in [2.75, 3.05) is 25.0 Å². The molecule has 11 nitrogen and oxygen atoms in total. The minimum atomic E-state index is -4.68. The second kappa shape index (κ2) is 15.3. The average Bonchev–Trinajstić information content (AvgIpc) is 3.05. The van der Waals surface area contributed by atoms with Crippen LogP contribution in [-0.4, -0.2) is 56.8 Å². The van der Waals surface area contributed by atoms with Crippen molar-refractivity contribution >= 4 is 56.4 Å². The number of nitro groups is 1. The molecule has 0 saturated heterocycles. The molecule has 47 heavy (non-hydrogen) atoms. The predicted molar refractivity (Wildman–Crippen MR) is 180 cm³/mol. The number of aryl methyl sites for hydroxylation is 1. The van der Waals surface area contributed by atoms with E-state index in [0.29, 0.717) is 10.6 Å². The van der Waals surface area contributed by atoms with Crippen LogP contribution in [0.3, 0.4) is 0 Å². The summed E-state index contributed by atoms with van der Waals surface area (Å²) in [5.74, 6) is -1.18. The summed E-state index contributed by atoms with van der Waals surface area (Å²) in [7, 11) is -1.92. The maximum Gasteiger partial charge on any atom is 0.273 e. The largest absolute Gasteiger partial charge is 0.495 e. The van der Waals surface area contributed by atoms with Crippen molar-refractivity contribution in [3.05, 3.63) is 128 Å². The standard InChI is InChI=1S/C33H32Cl2N4O7S/c1-22-13-15-26(19-28(22)39(42)43)47(44,45)38(29-18-25(34)14-16-31(29)46-3)21-32(40)37(20-24-11-7-8-12-27(24)35)30(33(41)36-2)17-23-9-5-4-6-10-23/h4-16,18-19,30H,17,20-21H2,1-3H3,(H,36,41). The van der Waals surface area contributed by atoms with Crippen molar-refractivity contribution in [1.82, 2.24) is 10.2 Å². The van der Waals surface area contributed by atoms with Gasteiger partial charge >= 0.3 is 0 Å². The van der Waals surface area contributed by atoms with Crippen LogP contribution in [0.2, 0.25) is 10.0 Å². The lowest BCUT2D eigenvalue weighted by atomic mass is 10.0. The third kappa shape index (κ3) is 8.20. The van der Waals surface area contributed by atoms with Crippen LogP contribution in [0.4, 0.5) is 11.4 Å². The molecule has 4 rings (SSSR count). The van der Waals surface area contributed by atoms with Crippen LogP contribution in [0.5, 0.6) is 5.75 Å². The molecule has 0 aliphatic carbocycles. The molecule has 2 amide bonds. The fourth-order valence-corrected chi connectivity index (χ4v) is 6.77. The van der Waals surface area contributed by atoms with E-state index < -0.39 is 49.9 Å². The van der Waals surface area contributed by atoms with E-state index >= 15 is 0 Å². The molecule has 0 radical (unpaired) electrons. The number of anilines is 1. The van der Waals surface area contributed by atoms with Crippen LogP contribution in [-0.2, 0) is 32.6 Å². The Kier molecular flexibility index (Phi) is 11.5. The monoisotopic (exact) mass is 698 g/mol. The molecule has 4 aromatic rings. The Labute approximate surface area is 282 Å². The smallest absolute Gasteiger partial charge is 0.273 e. The van der Waals surface area contributed by atoms with Crippen molar-refractivity contribution in [1.29, 1.82) is 0 Å². The number of nitrogens with one attached hydrogen (secondary N) is 1. The highest BCUT2D eigenvalue weighted by Crippen LogP contribution is 2.36. The first-order chi connectivity index (χ1) is 22.4. The lowest BCUT2D eigenvalue weighted by molar-refractivity contribution is -0.385. The highest BCUT2D eigenvalue weighted by Gasteiger charge is 2.36. The first kappa shape index (κ1) is 35.2. The predicted octanol–water partition coefficient (Wildman–Crippen LogP) is 5.80. The summed E-state index contributed by atoms with van der Waals surface area (Å²) in [5.41, 5.74) is 1.02. The van der Waals surface area contributed by atoms with E-state index in [0.717, 1.165) is 15.9 Å². The number of hydrogen-bond donors (Lipinski definition) is 1. The summed E-state index contributed by atoms with van der Waals surface area (Å²) < 4.78 is 34.9. The number of halogens is 2. The number of methoxy groups -OCH3 is 1. The number of nitrogens with zero attached hydrogens (tertiary/aromatic N) is 3. The number of carbonyl (C=O) groups excluding carboxylic acids is 2. The van der Waals surface area contributed by atoms with Gasteiger partial charge in [-0.25, -0.2) is 8.42 Å². The minimum absolute atomic E-state index is 0.0668. The topological polar surface area (TPSA) is 139 Å². The first-order valence-corrected chi connectivity index (χ1v) is 16.5. The molecule has 0 aliphatic rings. The molecule has 1 unspecified atom stereocenters. The van der Waals surface area contributed by atoms with Crippen LogP contribution < -0.4 is 14.4 Å². The van der Waals surface area contributed by atoms with E-state index in [2.05, 4.69) is 5.32 Å². The second-order valence-corrected chi connectivity index (χ2v) is 13.2. The molecular weight excluding hydrogens is 667 g/mol. The van der Waals surface area contributed by atoms with Gasteiger partial charge in [0.25, 0.3) is 15.7 Å². The third-order valence-electron chi connectivity index (χ3n) is 7.47. The number of hydrogen-bond acceptors (Lipinski definition) is 7. The van der Waals surface area contributed by atoms with Gasteiger partial charge in [-0.2, -0.15) is 0 Å². The zero-order valence-electron chi connectivity index (χ0n) is 25.7. The van der Waals surface area contributed by atoms with Gasteiger partial charge in [0.2, 0.25) is 11.8 Å². The van der Waals surface area contributed by atoms with Crippen molar-refractivity contribution in [3.8, 4) is 5.75 Å². The van der Waals surface area contributed by atoms with Crippen LogP contribution in [0.1, 0.15) is 16.7 Å². The normalized spacial score (nSPS) is 11.8. The Hall–Kier alpha value is -4.65. The molecule has 14 heteroatoms. The van der Waals surface area contributed by atoms with Crippen LogP contribution in [0.15, 0.2) is 95.9 Å². The Morgan fingerprint density at radius 2 is 1.66 bits per heavy atom. The SMILES string of the molecule is CNC(=O)C(Cc1ccccc1)N(Cc1ccccc1Cl)C(=O)CN(c1cc(Cl)ccc1OC)S(=O)(=O)c1ccc(C)c([N+](=O)[O-])c1. The molecular formula is C33H32Cl2N4O7S. The zero-order chi connectivity index (χ0) is 34.3. The van der Waals surface area contributed by atoms with E-state index in [1.165, 1.54) is 56.3 Å². The maximum absolute atomic E-state index is 14.5. The van der Waals surface area contributed by atoms with Crippen molar-refractivity contribution in [3.63, 3.8) is 0 Å². The number of benzene rings is 4. The fraction of sp³-hybridized carbons (Fsp3) is 0.212. The number of likely N-dealkylation sites (N-methyl/N-ethyl adjacent to an activating group) is 1. The molecule has 0 saturated carbocycles. The summed E-state index contributed by atoms with van der Waals surface area (Å²) in [4.78, 5) is 39.8. The van der Waals surface area contributed by atoms with Crippen LogP contribution >= 0.6 is 23.2 Å². The van der Waals surface area contributed by atoms with Crippen LogP contribution in [0.25, 0.3) is 0 Å². The van der Waals surface area contributed by atoms with Gasteiger partial charge in [0.15, 0.2) is 0 Å². The Bertz CT molecular complexity index is 1890. The molecule has 0 bridgehead atoms. The van der Waals surface area contributed by atoms with E-state index in [9.17, 15) is 28.1 Å². The molecule has 0 spiro atoms. The molecule has 0 fully saturated rings. The molecule has 0 aromatic heterocycles. The van der Waals surface area contributed by atoms with Crippen molar-refractivity contribution < 1.29 is 27.7 Å². The number of ether oxygens (including phenoxy) is 1. The van der Waals surface area contributed by atoms with Gasteiger partial charge in [0.05, 0.1) is 22.6 Å². The van der Waals surface area contributed by atoms with Gasteiger partial charge in [-0.1, -0.05) is 77.8 Å². The van der Waals surface area contributed by atoms with Gasteiger partial charge < -0.3 is 15.0 Å². The van der Waals surface area contributed by atoms with E-state index in [1.54, 1.807) is 36.4 Å². The average molecular weight is 700 g/mol. The summed E-state index contributed by atoms with van der Waals surface area (Å²) in [5, 5.41) is 14.8. The van der Waals surface area contributed by atoms with Gasteiger partial charge in [-0.3, -0.25) is 24.0 Å². The van der Waals surface area contributed by atoms with Gasteiger partial charge in [-0.05, 0) is 48.4 Å². The third-order valence-corrected chi connectivity index (χ3v) is 9.83. The molecule has 1 atom stereocenters. The lowest BCUT2D eigenvalue weighted by Gasteiger charge is -2.34. The van der Waals surface area contributed by atoms with Crippen molar-refractivity contribution in [2.45, 2.75) is 30.8 Å². The Morgan fingerprint density at radius 1 is 0.979 bits per heavy atom. The summed E-state index contributed by atoms with van der Waals surface area (Å²) in [6, 6.07) is 22.5. The molecule has 246 valence electrons. The van der Waals surface area contributed by atoms with E-state index in [4.69, 9.17) is 27.9 Å².